The van der Waals surface area contributed by atoms with E-state index in [9.17, 15) is 8.42 Å². The van der Waals surface area contributed by atoms with Gasteiger partial charge in [0, 0.05) is 35.3 Å². The predicted molar refractivity (Wildman–Crippen MR) is 142 cm³/mol. The van der Waals surface area contributed by atoms with Gasteiger partial charge in [0.25, 0.3) is 0 Å². The lowest BCUT2D eigenvalue weighted by Gasteiger charge is -2.13. The highest BCUT2D eigenvalue weighted by Gasteiger charge is 2.14. The van der Waals surface area contributed by atoms with E-state index >= 15 is 0 Å². The fraction of sp³-hybridized carbons (Fsp3) is 0.154. The van der Waals surface area contributed by atoms with Crippen LogP contribution in [0.15, 0.2) is 83.8 Å². The van der Waals surface area contributed by atoms with Gasteiger partial charge in [-0.1, -0.05) is 18.2 Å². The highest BCUT2D eigenvalue weighted by molar-refractivity contribution is 7.89. The number of benzene rings is 3. The number of methoxy groups -OCH3 is 1. The molecule has 3 N–H and O–H groups in total. The van der Waals surface area contributed by atoms with Gasteiger partial charge in [0.05, 0.1) is 23.2 Å². The third-order valence-corrected chi connectivity index (χ3v) is 7.31. The molecule has 0 saturated heterocycles. The minimum atomic E-state index is -3.64. The first-order valence-corrected chi connectivity index (χ1v) is 13.1. The molecule has 11 heteroatoms. The third-order valence-electron chi connectivity index (χ3n) is 5.83. The SMILES string of the molecule is COc1ccc(-c2cc(NCCCNS(=O)(=O)c3ccc(-c4nn[nH]n4)cc3)c3ccccc3n2)cc1. The summed E-state index contributed by atoms with van der Waals surface area (Å²) >= 11 is 0. The van der Waals surface area contributed by atoms with Crippen LogP contribution in [0.3, 0.4) is 0 Å². The van der Waals surface area contributed by atoms with E-state index in [1.54, 1.807) is 19.2 Å². The predicted octanol–water partition coefficient (Wildman–Crippen LogP) is 3.87. The molecule has 37 heavy (non-hydrogen) atoms. The molecule has 0 bridgehead atoms. The van der Waals surface area contributed by atoms with Crippen molar-refractivity contribution in [2.24, 2.45) is 0 Å². The van der Waals surface area contributed by atoms with Gasteiger partial charge < -0.3 is 10.1 Å². The third kappa shape index (κ3) is 5.57. The van der Waals surface area contributed by atoms with Gasteiger partial charge in [0.1, 0.15) is 5.75 Å². The summed E-state index contributed by atoms with van der Waals surface area (Å²) in [5.41, 5.74) is 4.32. The quantitative estimate of drug-likeness (QED) is 0.239. The van der Waals surface area contributed by atoms with Crippen LogP contribution in [-0.2, 0) is 10.0 Å². The molecule has 5 aromatic rings. The maximum Gasteiger partial charge on any atom is 0.240 e. The molecule has 2 heterocycles. The zero-order valence-electron chi connectivity index (χ0n) is 20.0. The molecule has 0 radical (unpaired) electrons. The average molecular weight is 516 g/mol. The van der Waals surface area contributed by atoms with Crippen LogP contribution >= 0.6 is 0 Å². The highest BCUT2D eigenvalue weighted by atomic mass is 32.2. The van der Waals surface area contributed by atoms with Crippen LogP contribution in [0.1, 0.15) is 6.42 Å². The Morgan fingerprint density at radius 1 is 0.919 bits per heavy atom. The Morgan fingerprint density at radius 2 is 1.68 bits per heavy atom. The van der Waals surface area contributed by atoms with E-state index in [0.29, 0.717) is 24.4 Å². The molecule has 2 aromatic heterocycles. The number of sulfonamides is 1. The highest BCUT2D eigenvalue weighted by Crippen LogP contribution is 2.29. The lowest BCUT2D eigenvalue weighted by atomic mass is 10.1. The van der Waals surface area contributed by atoms with E-state index in [1.807, 2.05) is 54.6 Å². The summed E-state index contributed by atoms with van der Waals surface area (Å²) in [6, 6.07) is 24.0. The molecule has 0 saturated carbocycles. The number of tetrazole rings is 1. The Labute approximate surface area is 214 Å². The molecule has 0 amide bonds. The zero-order chi connectivity index (χ0) is 25.7. The van der Waals surface area contributed by atoms with E-state index in [-0.39, 0.29) is 11.4 Å². The normalized spacial score (nSPS) is 11.5. The van der Waals surface area contributed by atoms with Gasteiger partial charge in [0.2, 0.25) is 15.8 Å². The van der Waals surface area contributed by atoms with Crippen molar-refractivity contribution in [1.82, 2.24) is 30.3 Å². The Morgan fingerprint density at radius 3 is 2.41 bits per heavy atom. The first kappa shape index (κ1) is 24.3. The van der Waals surface area contributed by atoms with E-state index in [2.05, 4.69) is 30.7 Å². The van der Waals surface area contributed by atoms with Crippen LogP contribution in [0.4, 0.5) is 5.69 Å². The average Bonchev–Trinajstić information content (AvgIpc) is 3.48. The molecule has 5 rings (SSSR count). The number of aromatic nitrogens is 5. The summed E-state index contributed by atoms with van der Waals surface area (Å²) in [5.74, 6) is 1.19. The monoisotopic (exact) mass is 515 g/mol. The summed E-state index contributed by atoms with van der Waals surface area (Å²) in [4.78, 5) is 4.99. The molecule has 0 aliphatic heterocycles. The van der Waals surface area contributed by atoms with Crippen molar-refractivity contribution in [3.8, 4) is 28.4 Å². The summed E-state index contributed by atoms with van der Waals surface area (Å²) < 4.78 is 33.3. The molecule has 0 aliphatic carbocycles. The lowest BCUT2D eigenvalue weighted by molar-refractivity contribution is 0.415. The van der Waals surface area contributed by atoms with Crippen LogP contribution < -0.4 is 14.8 Å². The molecule has 10 nitrogen and oxygen atoms in total. The Bertz CT molecular complexity index is 1590. The van der Waals surface area contributed by atoms with Crippen molar-refractivity contribution < 1.29 is 13.2 Å². The second-order valence-corrected chi connectivity index (χ2v) is 10.0. The number of pyridine rings is 1. The largest absolute Gasteiger partial charge is 0.497 e. The van der Waals surface area contributed by atoms with Crippen LogP contribution in [0.25, 0.3) is 33.5 Å². The number of aromatic amines is 1. The maximum atomic E-state index is 12.7. The first-order valence-electron chi connectivity index (χ1n) is 11.7. The van der Waals surface area contributed by atoms with Crippen LogP contribution in [-0.4, -0.2) is 54.2 Å². The number of fused-ring (bicyclic) bond motifs is 1. The maximum absolute atomic E-state index is 12.7. The van der Waals surface area contributed by atoms with E-state index in [4.69, 9.17) is 9.72 Å². The Hall–Kier alpha value is -4.35. The lowest BCUT2D eigenvalue weighted by Crippen LogP contribution is -2.26. The van der Waals surface area contributed by atoms with Gasteiger partial charge >= 0.3 is 0 Å². The fourth-order valence-corrected chi connectivity index (χ4v) is 4.97. The van der Waals surface area contributed by atoms with Gasteiger partial charge in [-0.25, -0.2) is 18.1 Å². The summed E-state index contributed by atoms with van der Waals surface area (Å²) in [7, 11) is -2.00. The number of H-pyrrole nitrogens is 1. The molecule has 0 atom stereocenters. The number of anilines is 1. The van der Waals surface area contributed by atoms with Gasteiger partial charge in [-0.3, -0.25) is 0 Å². The van der Waals surface area contributed by atoms with Crippen LogP contribution in [0, 0.1) is 0 Å². The zero-order valence-corrected chi connectivity index (χ0v) is 20.9. The van der Waals surface area contributed by atoms with Crippen LogP contribution in [0.2, 0.25) is 0 Å². The first-order chi connectivity index (χ1) is 18.0. The molecular formula is C26H25N7O3S. The molecule has 0 aliphatic rings. The van der Waals surface area contributed by atoms with Crippen molar-refractivity contribution in [3.63, 3.8) is 0 Å². The number of hydrogen-bond acceptors (Lipinski definition) is 8. The van der Waals surface area contributed by atoms with E-state index in [1.165, 1.54) is 12.1 Å². The number of nitrogens with zero attached hydrogens (tertiary/aromatic N) is 4. The number of ether oxygens (including phenoxy) is 1. The molecule has 0 fully saturated rings. The Balaban J connectivity index is 1.22. The number of para-hydroxylation sites is 1. The summed E-state index contributed by atoms with van der Waals surface area (Å²) in [6.07, 6.45) is 0.592. The summed E-state index contributed by atoms with van der Waals surface area (Å²) in [6.45, 7) is 0.867. The van der Waals surface area contributed by atoms with E-state index in [0.717, 1.165) is 33.6 Å². The molecule has 3 aromatic carbocycles. The molecule has 0 unspecified atom stereocenters. The van der Waals surface area contributed by atoms with Crippen molar-refractivity contribution in [1.29, 1.82) is 0 Å². The van der Waals surface area contributed by atoms with Crippen molar-refractivity contribution in [2.45, 2.75) is 11.3 Å². The minimum Gasteiger partial charge on any atom is -0.497 e. The molecule has 188 valence electrons. The number of hydrogen-bond donors (Lipinski definition) is 3. The second-order valence-electron chi connectivity index (χ2n) is 8.24. The van der Waals surface area contributed by atoms with Crippen LogP contribution in [0.5, 0.6) is 5.75 Å². The summed E-state index contributed by atoms with van der Waals surface area (Å²) in [5, 5.41) is 18.1. The van der Waals surface area contributed by atoms with Gasteiger partial charge in [-0.2, -0.15) is 5.21 Å². The second kappa shape index (κ2) is 10.7. The van der Waals surface area contributed by atoms with Gasteiger partial charge in [0.15, 0.2) is 0 Å². The fourth-order valence-electron chi connectivity index (χ4n) is 3.90. The van der Waals surface area contributed by atoms with Crippen molar-refractivity contribution in [2.75, 3.05) is 25.5 Å². The van der Waals surface area contributed by atoms with E-state index < -0.39 is 10.0 Å². The molecular weight excluding hydrogens is 490 g/mol. The Kier molecular flexibility index (Phi) is 7.06. The smallest absolute Gasteiger partial charge is 0.240 e. The van der Waals surface area contributed by atoms with Crippen molar-refractivity contribution >= 4 is 26.6 Å². The van der Waals surface area contributed by atoms with Crippen molar-refractivity contribution in [3.05, 3.63) is 78.9 Å². The minimum absolute atomic E-state index is 0.178. The topological polar surface area (TPSA) is 135 Å². The van der Waals surface area contributed by atoms with Gasteiger partial charge in [-0.05, 0) is 72.3 Å². The number of nitrogens with one attached hydrogen (secondary N) is 3. The van der Waals surface area contributed by atoms with Gasteiger partial charge in [-0.15, -0.1) is 10.2 Å². The molecule has 0 spiro atoms. The standard InChI is InChI=1S/C26H25N7O3S/c1-36-20-11-7-18(8-12-20)24-17-25(22-5-2-3-6-23(22)29-24)27-15-4-16-28-37(34,35)21-13-9-19(10-14-21)26-30-32-33-31-26/h2-3,5-14,17,28H,4,15-16H2,1H3,(H,27,29)(H,30,31,32,33). The number of rotatable bonds is 10.